The molecule has 114 valence electrons. The van der Waals surface area contributed by atoms with Crippen molar-refractivity contribution in [2.45, 2.75) is 33.7 Å². The highest BCUT2D eigenvalue weighted by Crippen LogP contribution is 2.21. The Kier molecular flexibility index (Phi) is 3.66. The minimum atomic E-state index is -0.282. The van der Waals surface area contributed by atoms with Crippen molar-refractivity contribution in [3.8, 4) is 0 Å². The monoisotopic (exact) mass is 298 g/mol. The lowest BCUT2D eigenvalue weighted by Crippen LogP contribution is -2.13. The Bertz CT molecular complexity index is 832. The van der Waals surface area contributed by atoms with Gasteiger partial charge in [0.05, 0.1) is 11.0 Å². The Morgan fingerprint density at radius 3 is 2.86 bits per heavy atom. The van der Waals surface area contributed by atoms with Gasteiger partial charge in [-0.25, -0.2) is 9.97 Å². The Labute approximate surface area is 128 Å². The number of hydrogen-bond acceptors (Lipinski definition) is 4. The first-order chi connectivity index (χ1) is 10.6. The van der Waals surface area contributed by atoms with Crippen LogP contribution in [0.1, 0.15) is 35.4 Å². The van der Waals surface area contributed by atoms with Crippen LogP contribution in [0.4, 0.5) is 5.69 Å². The van der Waals surface area contributed by atoms with Gasteiger partial charge in [0, 0.05) is 12.2 Å². The molecule has 6 heteroatoms. The fourth-order valence-electron chi connectivity index (χ4n) is 2.55. The van der Waals surface area contributed by atoms with Crippen LogP contribution in [-0.4, -0.2) is 20.4 Å². The minimum Gasteiger partial charge on any atom is -0.448 e. The highest BCUT2D eigenvalue weighted by atomic mass is 16.3. The van der Waals surface area contributed by atoms with Crippen LogP contribution in [0.15, 0.2) is 29.0 Å². The van der Waals surface area contributed by atoms with Crippen molar-refractivity contribution in [1.82, 2.24) is 14.5 Å². The zero-order valence-electron chi connectivity index (χ0n) is 12.9. The molecule has 22 heavy (non-hydrogen) atoms. The van der Waals surface area contributed by atoms with Gasteiger partial charge in [-0.3, -0.25) is 4.79 Å². The van der Waals surface area contributed by atoms with Gasteiger partial charge >= 0.3 is 0 Å². The predicted molar refractivity (Wildman–Crippen MR) is 84.0 cm³/mol. The second-order valence-electron chi connectivity index (χ2n) is 5.23. The maximum Gasteiger partial charge on any atom is 0.277 e. The van der Waals surface area contributed by atoms with Gasteiger partial charge in [-0.15, -0.1) is 0 Å². The molecular formula is C16H18N4O2. The number of oxazole rings is 1. The number of hydrogen-bond donors (Lipinski definition) is 1. The first kappa shape index (κ1) is 14.3. The van der Waals surface area contributed by atoms with Gasteiger partial charge < -0.3 is 14.3 Å². The number of amides is 1. The summed E-state index contributed by atoms with van der Waals surface area (Å²) >= 11 is 0. The van der Waals surface area contributed by atoms with Gasteiger partial charge in [0.25, 0.3) is 5.91 Å². The number of nitrogens with zero attached hydrogens (tertiary/aromatic N) is 3. The van der Waals surface area contributed by atoms with Crippen LogP contribution in [0.3, 0.4) is 0 Å². The standard InChI is InChI=1S/C16H18N4O2/c1-4-7-20-11(3)18-13-8-12(5-6-14(13)20)19-16(21)15-10(2)22-9-17-15/h5-6,8-9H,4,7H2,1-3H3,(H,19,21). The average Bonchev–Trinajstić information content (AvgIpc) is 3.03. The van der Waals surface area contributed by atoms with Crippen molar-refractivity contribution in [3.63, 3.8) is 0 Å². The molecule has 0 aliphatic heterocycles. The summed E-state index contributed by atoms with van der Waals surface area (Å²) in [7, 11) is 0. The second kappa shape index (κ2) is 5.63. The van der Waals surface area contributed by atoms with Crippen LogP contribution >= 0.6 is 0 Å². The maximum atomic E-state index is 12.1. The number of imidazole rings is 1. The summed E-state index contributed by atoms with van der Waals surface area (Å²) in [6.45, 7) is 6.78. The maximum absolute atomic E-state index is 12.1. The van der Waals surface area contributed by atoms with E-state index in [1.165, 1.54) is 6.39 Å². The molecule has 6 nitrogen and oxygen atoms in total. The molecule has 0 fully saturated rings. The van der Waals surface area contributed by atoms with Gasteiger partial charge in [0.1, 0.15) is 11.6 Å². The number of carbonyl (C=O) groups excluding carboxylic acids is 1. The van der Waals surface area contributed by atoms with Gasteiger partial charge in [0.2, 0.25) is 0 Å². The van der Waals surface area contributed by atoms with E-state index in [1.807, 2.05) is 25.1 Å². The van der Waals surface area contributed by atoms with Crippen molar-refractivity contribution >= 4 is 22.6 Å². The molecule has 2 heterocycles. The molecule has 0 aliphatic rings. The second-order valence-corrected chi connectivity index (χ2v) is 5.23. The number of rotatable bonds is 4. The minimum absolute atomic E-state index is 0.282. The Balaban J connectivity index is 1.90. The van der Waals surface area contributed by atoms with E-state index in [2.05, 4.69) is 26.8 Å². The molecule has 0 spiro atoms. The molecule has 0 bridgehead atoms. The third kappa shape index (κ3) is 2.47. The molecule has 0 saturated carbocycles. The van der Waals surface area contributed by atoms with Crippen molar-refractivity contribution in [2.24, 2.45) is 0 Å². The SMILES string of the molecule is CCCn1c(C)nc2cc(NC(=O)c3ncoc3C)ccc21. The number of fused-ring (bicyclic) bond motifs is 1. The average molecular weight is 298 g/mol. The summed E-state index contributed by atoms with van der Waals surface area (Å²) in [5.74, 6) is 1.20. The third-order valence-corrected chi connectivity index (χ3v) is 3.60. The molecule has 0 aliphatic carbocycles. The van der Waals surface area contributed by atoms with Crippen molar-refractivity contribution in [1.29, 1.82) is 0 Å². The summed E-state index contributed by atoms with van der Waals surface area (Å²) in [5, 5.41) is 2.83. The molecule has 1 aromatic carbocycles. The van der Waals surface area contributed by atoms with E-state index in [9.17, 15) is 4.79 Å². The van der Waals surface area contributed by atoms with Crippen molar-refractivity contribution in [2.75, 3.05) is 5.32 Å². The molecule has 0 unspecified atom stereocenters. The fourth-order valence-corrected chi connectivity index (χ4v) is 2.55. The molecule has 3 aromatic rings. The van der Waals surface area contributed by atoms with E-state index in [0.29, 0.717) is 17.1 Å². The fraction of sp³-hybridized carbons (Fsp3) is 0.312. The topological polar surface area (TPSA) is 73.0 Å². The largest absolute Gasteiger partial charge is 0.448 e. The van der Waals surface area contributed by atoms with E-state index < -0.39 is 0 Å². The van der Waals surface area contributed by atoms with E-state index in [0.717, 1.165) is 29.8 Å². The summed E-state index contributed by atoms with van der Waals surface area (Å²) in [6.07, 6.45) is 2.32. The molecule has 1 amide bonds. The quantitative estimate of drug-likeness (QED) is 0.802. The summed E-state index contributed by atoms with van der Waals surface area (Å²) in [4.78, 5) is 20.6. The molecule has 2 aromatic heterocycles. The van der Waals surface area contributed by atoms with Crippen LogP contribution in [0.5, 0.6) is 0 Å². The van der Waals surface area contributed by atoms with E-state index >= 15 is 0 Å². The smallest absolute Gasteiger partial charge is 0.277 e. The van der Waals surface area contributed by atoms with Gasteiger partial charge in [-0.1, -0.05) is 6.92 Å². The van der Waals surface area contributed by atoms with Gasteiger partial charge in [0.15, 0.2) is 12.1 Å². The molecule has 0 saturated heterocycles. The first-order valence-electron chi connectivity index (χ1n) is 7.28. The third-order valence-electron chi connectivity index (χ3n) is 3.60. The lowest BCUT2D eigenvalue weighted by atomic mass is 10.2. The van der Waals surface area contributed by atoms with Crippen LogP contribution < -0.4 is 5.32 Å². The summed E-state index contributed by atoms with van der Waals surface area (Å²) in [6, 6.07) is 5.74. The van der Waals surface area contributed by atoms with Crippen LogP contribution in [0.2, 0.25) is 0 Å². The number of nitrogens with one attached hydrogen (secondary N) is 1. The van der Waals surface area contributed by atoms with E-state index in [1.54, 1.807) is 6.92 Å². The number of aryl methyl sites for hydroxylation is 3. The highest BCUT2D eigenvalue weighted by molar-refractivity contribution is 6.04. The van der Waals surface area contributed by atoms with Gasteiger partial charge in [-0.05, 0) is 38.5 Å². The van der Waals surface area contributed by atoms with Gasteiger partial charge in [-0.2, -0.15) is 0 Å². The van der Waals surface area contributed by atoms with Crippen molar-refractivity contribution in [3.05, 3.63) is 41.9 Å². The lowest BCUT2D eigenvalue weighted by molar-refractivity contribution is 0.102. The molecule has 3 rings (SSSR count). The summed E-state index contributed by atoms with van der Waals surface area (Å²) in [5.41, 5.74) is 2.95. The number of carbonyl (C=O) groups is 1. The zero-order valence-corrected chi connectivity index (χ0v) is 12.9. The highest BCUT2D eigenvalue weighted by Gasteiger charge is 2.14. The van der Waals surface area contributed by atoms with Crippen LogP contribution in [0, 0.1) is 13.8 Å². The van der Waals surface area contributed by atoms with Crippen LogP contribution in [0.25, 0.3) is 11.0 Å². The van der Waals surface area contributed by atoms with E-state index in [-0.39, 0.29) is 5.91 Å². The Morgan fingerprint density at radius 2 is 2.18 bits per heavy atom. The number of anilines is 1. The lowest BCUT2D eigenvalue weighted by Gasteiger charge is -2.06. The zero-order chi connectivity index (χ0) is 15.7. The van der Waals surface area contributed by atoms with Crippen LogP contribution in [-0.2, 0) is 6.54 Å². The normalized spacial score (nSPS) is 11.0. The Morgan fingerprint density at radius 1 is 1.36 bits per heavy atom. The molecule has 1 N–H and O–H groups in total. The number of aromatic nitrogens is 3. The Hall–Kier alpha value is -2.63. The summed E-state index contributed by atoms with van der Waals surface area (Å²) < 4.78 is 7.24. The molecule has 0 radical (unpaired) electrons. The number of benzene rings is 1. The van der Waals surface area contributed by atoms with Crippen molar-refractivity contribution < 1.29 is 9.21 Å². The molecule has 0 atom stereocenters. The first-order valence-corrected chi connectivity index (χ1v) is 7.28. The van der Waals surface area contributed by atoms with E-state index in [4.69, 9.17) is 4.42 Å². The predicted octanol–water partition coefficient (Wildman–Crippen LogP) is 3.30. The molecular weight excluding hydrogens is 280 g/mol.